The molecule has 15 heavy (non-hydrogen) atoms. The molecule has 0 aromatic carbocycles. The molecule has 1 rings (SSSR count). The van der Waals surface area contributed by atoms with Gasteiger partial charge in [0.15, 0.2) is 5.78 Å². The third-order valence-electron chi connectivity index (χ3n) is 1.55. The van der Waals surface area contributed by atoms with Gasteiger partial charge in [-0.3, -0.25) is 24.7 Å². The van der Waals surface area contributed by atoms with Crippen LogP contribution in [0.1, 0.15) is 16.9 Å². The van der Waals surface area contributed by atoms with Gasteiger partial charge in [-0.05, 0) is 0 Å². The molecule has 0 saturated carbocycles. The molecule has 0 unspecified atom stereocenters. The van der Waals surface area contributed by atoms with Crippen molar-refractivity contribution in [3.8, 4) is 0 Å². The van der Waals surface area contributed by atoms with Crippen LogP contribution < -0.4 is 0 Å². The van der Waals surface area contributed by atoms with Gasteiger partial charge in [-0.25, -0.2) is 0 Å². The maximum absolute atomic E-state index is 11.2. The van der Waals surface area contributed by atoms with Crippen LogP contribution in [0.4, 0.5) is 5.69 Å². The summed E-state index contributed by atoms with van der Waals surface area (Å²) in [5.74, 6) is -2.06. The molecule has 0 spiro atoms. The standard InChI is InChI=1S/C8H6N2O5/c11-7(4-8(12)13)6-3-5(10(14)15)1-2-9-6/h1-3H,4H2,(H,12,13). The molecule has 0 aliphatic rings. The van der Waals surface area contributed by atoms with Crippen molar-refractivity contribution in [1.29, 1.82) is 0 Å². The third-order valence-corrected chi connectivity index (χ3v) is 1.55. The highest BCUT2D eigenvalue weighted by atomic mass is 16.6. The predicted octanol–water partition coefficient (Wildman–Crippen LogP) is 0.647. The van der Waals surface area contributed by atoms with Crippen LogP contribution >= 0.6 is 0 Å². The molecule has 1 aromatic heterocycles. The van der Waals surface area contributed by atoms with Crippen molar-refractivity contribution < 1.29 is 19.6 Å². The van der Waals surface area contributed by atoms with E-state index in [2.05, 4.69) is 4.98 Å². The van der Waals surface area contributed by atoms with Gasteiger partial charge in [-0.1, -0.05) is 0 Å². The molecular weight excluding hydrogens is 204 g/mol. The number of nitrogens with zero attached hydrogens (tertiary/aromatic N) is 2. The first-order valence-corrected chi connectivity index (χ1v) is 3.86. The highest BCUT2D eigenvalue weighted by molar-refractivity contribution is 6.04. The fraction of sp³-hybridized carbons (Fsp3) is 0.125. The van der Waals surface area contributed by atoms with E-state index in [0.29, 0.717) is 0 Å². The Kier molecular flexibility index (Phi) is 3.06. The fourth-order valence-corrected chi connectivity index (χ4v) is 0.913. The van der Waals surface area contributed by atoms with E-state index in [-0.39, 0.29) is 11.4 Å². The lowest BCUT2D eigenvalue weighted by Gasteiger charge is -1.96. The molecule has 7 nitrogen and oxygen atoms in total. The number of Topliss-reactive ketones (excluding diaryl/α,β-unsaturated/α-hetero) is 1. The Morgan fingerprint density at radius 2 is 2.20 bits per heavy atom. The first-order valence-electron chi connectivity index (χ1n) is 3.86. The van der Waals surface area contributed by atoms with Crippen LogP contribution in [0.5, 0.6) is 0 Å². The molecule has 0 fully saturated rings. The molecule has 0 aliphatic heterocycles. The third kappa shape index (κ3) is 2.83. The molecule has 1 heterocycles. The van der Waals surface area contributed by atoms with Crippen molar-refractivity contribution in [3.63, 3.8) is 0 Å². The number of carboxylic acid groups (broad SMARTS) is 1. The molecule has 7 heteroatoms. The highest BCUT2D eigenvalue weighted by Crippen LogP contribution is 2.11. The maximum Gasteiger partial charge on any atom is 0.311 e. The number of ketones is 1. The molecular formula is C8H6N2O5. The average Bonchev–Trinajstić information content (AvgIpc) is 2.17. The number of nitro groups is 1. The van der Waals surface area contributed by atoms with Gasteiger partial charge in [0.05, 0.1) is 4.92 Å². The van der Waals surface area contributed by atoms with Gasteiger partial charge < -0.3 is 5.11 Å². The van der Waals surface area contributed by atoms with Gasteiger partial charge in [0.2, 0.25) is 0 Å². The van der Waals surface area contributed by atoms with E-state index in [1.807, 2.05) is 0 Å². The zero-order chi connectivity index (χ0) is 11.4. The zero-order valence-corrected chi connectivity index (χ0v) is 7.41. The van der Waals surface area contributed by atoms with E-state index in [4.69, 9.17) is 5.11 Å². The molecule has 0 atom stereocenters. The van der Waals surface area contributed by atoms with E-state index in [0.717, 1.165) is 18.3 Å². The Labute approximate surface area is 83.5 Å². The summed E-state index contributed by atoms with van der Waals surface area (Å²) in [6.45, 7) is 0. The Morgan fingerprint density at radius 3 is 2.73 bits per heavy atom. The first-order chi connectivity index (χ1) is 7.00. The van der Waals surface area contributed by atoms with Crippen molar-refractivity contribution in [2.75, 3.05) is 0 Å². The van der Waals surface area contributed by atoms with Crippen molar-refractivity contribution in [3.05, 3.63) is 34.1 Å². The molecule has 0 aliphatic carbocycles. The molecule has 78 valence electrons. The van der Waals surface area contributed by atoms with E-state index in [9.17, 15) is 19.7 Å². The first kappa shape index (κ1) is 10.8. The topological polar surface area (TPSA) is 110 Å². The summed E-state index contributed by atoms with van der Waals surface area (Å²) in [5, 5.41) is 18.7. The second-order valence-corrected chi connectivity index (χ2v) is 2.65. The lowest BCUT2D eigenvalue weighted by Crippen LogP contribution is -2.09. The monoisotopic (exact) mass is 210 g/mol. The number of aliphatic carboxylic acids is 1. The van der Waals surface area contributed by atoms with Gasteiger partial charge in [0.25, 0.3) is 5.69 Å². The zero-order valence-electron chi connectivity index (χ0n) is 7.41. The summed E-state index contributed by atoms with van der Waals surface area (Å²) in [4.78, 5) is 34.6. The SMILES string of the molecule is O=C(O)CC(=O)c1cc([N+](=O)[O-])ccn1. The number of hydrogen-bond donors (Lipinski definition) is 1. The van der Waals surface area contributed by atoms with E-state index in [1.54, 1.807) is 0 Å². The van der Waals surface area contributed by atoms with Crippen molar-refractivity contribution >= 4 is 17.4 Å². The molecule has 1 N–H and O–H groups in total. The number of pyridine rings is 1. The van der Waals surface area contributed by atoms with Crippen molar-refractivity contribution in [1.82, 2.24) is 4.98 Å². The quantitative estimate of drug-likeness (QED) is 0.338. The molecule has 0 amide bonds. The van der Waals surface area contributed by atoms with Crippen LogP contribution in [0, 0.1) is 10.1 Å². The summed E-state index contributed by atoms with van der Waals surface area (Å²) in [6.07, 6.45) is 0.362. The molecule has 1 aromatic rings. The number of carbonyl (C=O) groups is 2. The maximum atomic E-state index is 11.2. The molecule has 0 saturated heterocycles. The summed E-state index contributed by atoms with van der Waals surface area (Å²) < 4.78 is 0. The lowest BCUT2D eigenvalue weighted by atomic mass is 10.2. The molecule has 0 radical (unpaired) electrons. The number of aromatic nitrogens is 1. The number of carboxylic acids is 1. The summed E-state index contributed by atoms with van der Waals surface area (Å²) in [7, 11) is 0. The Bertz CT molecular complexity index is 429. The Balaban J connectivity index is 2.95. The minimum absolute atomic E-state index is 0.216. The minimum Gasteiger partial charge on any atom is -0.481 e. The second-order valence-electron chi connectivity index (χ2n) is 2.65. The fourth-order valence-electron chi connectivity index (χ4n) is 0.913. The van der Waals surface area contributed by atoms with E-state index >= 15 is 0 Å². The van der Waals surface area contributed by atoms with Gasteiger partial charge in [-0.15, -0.1) is 0 Å². The molecule has 0 bridgehead atoms. The normalized spacial score (nSPS) is 9.60. The second kappa shape index (κ2) is 4.27. The van der Waals surface area contributed by atoms with Gasteiger partial charge in [0.1, 0.15) is 12.1 Å². The average molecular weight is 210 g/mol. The van der Waals surface area contributed by atoms with Crippen LogP contribution in [-0.4, -0.2) is 26.8 Å². The van der Waals surface area contributed by atoms with Gasteiger partial charge >= 0.3 is 5.97 Å². The van der Waals surface area contributed by atoms with E-state index < -0.39 is 23.1 Å². The van der Waals surface area contributed by atoms with Crippen LogP contribution in [0.15, 0.2) is 18.3 Å². The highest BCUT2D eigenvalue weighted by Gasteiger charge is 2.15. The number of hydrogen-bond acceptors (Lipinski definition) is 5. The summed E-state index contributed by atoms with van der Waals surface area (Å²) >= 11 is 0. The van der Waals surface area contributed by atoms with Crippen LogP contribution in [0.3, 0.4) is 0 Å². The van der Waals surface area contributed by atoms with Crippen LogP contribution in [-0.2, 0) is 4.79 Å². The number of rotatable bonds is 4. The van der Waals surface area contributed by atoms with E-state index in [1.165, 1.54) is 0 Å². The lowest BCUT2D eigenvalue weighted by molar-refractivity contribution is -0.385. The van der Waals surface area contributed by atoms with Gasteiger partial charge in [0, 0.05) is 18.3 Å². The minimum atomic E-state index is -1.30. The smallest absolute Gasteiger partial charge is 0.311 e. The van der Waals surface area contributed by atoms with Gasteiger partial charge in [-0.2, -0.15) is 0 Å². The number of carbonyl (C=O) groups excluding carboxylic acids is 1. The largest absolute Gasteiger partial charge is 0.481 e. The van der Waals surface area contributed by atoms with Crippen LogP contribution in [0.25, 0.3) is 0 Å². The Morgan fingerprint density at radius 1 is 1.53 bits per heavy atom. The van der Waals surface area contributed by atoms with Crippen molar-refractivity contribution in [2.24, 2.45) is 0 Å². The van der Waals surface area contributed by atoms with Crippen molar-refractivity contribution in [2.45, 2.75) is 6.42 Å². The summed E-state index contributed by atoms with van der Waals surface area (Å²) in [6, 6.07) is 2.07. The Hall–Kier alpha value is -2.31. The van der Waals surface area contributed by atoms with Crippen LogP contribution in [0.2, 0.25) is 0 Å². The summed E-state index contributed by atoms with van der Waals surface area (Å²) in [5.41, 5.74) is -0.509. The predicted molar refractivity (Wildman–Crippen MR) is 47.5 cm³/mol.